The number of likely N-dealkylation sites (tertiary alicyclic amines) is 1. The van der Waals surface area contributed by atoms with Crippen LogP contribution in [0.5, 0.6) is 5.75 Å². The van der Waals surface area contributed by atoms with Crippen LogP contribution in [-0.4, -0.2) is 36.3 Å². The number of hydrogen-bond acceptors (Lipinski definition) is 3. The predicted octanol–water partition coefficient (Wildman–Crippen LogP) is 3.32. The fraction of sp³-hybridized carbons (Fsp3) is 0.667. The standard InChI is InChI=1S/C18H29NO2/c1-15(2)9-12-21-18-5-3-16(4-6-18)13-19-10-7-17(14-20)8-11-19/h3-6,15,17,20H,7-14H2,1-2H3. The van der Waals surface area contributed by atoms with Crippen molar-refractivity contribution in [3.05, 3.63) is 29.8 Å². The van der Waals surface area contributed by atoms with Gasteiger partial charge in [-0.2, -0.15) is 0 Å². The summed E-state index contributed by atoms with van der Waals surface area (Å²) in [5.74, 6) is 2.17. The SMILES string of the molecule is CC(C)CCOc1ccc(CN2CCC(CO)CC2)cc1. The van der Waals surface area contributed by atoms with Crippen molar-refractivity contribution >= 4 is 0 Å². The number of nitrogens with zero attached hydrogens (tertiary/aromatic N) is 1. The van der Waals surface area contributed by atoms with Gasteiger partial charge < -0.3 is 9.84 Å². The molecular formula is C18H29NO2. The highest BCUT2D eigenvalue weighted by molar-refractivity contribution is 5.27. The maximum atomic E-state index is 9.17. The molecule has 1 fully saturated rings. The zero-order valence-electron chi connectivity index (χ0n) is 13.4. The molecule has 2 rings (SSSR count). The van der Waals surface area contributed by atoms with E-state index in [1.54, 1.807) is 0 Å². The van der Waals surface area contributed by atoms with Gasteiger partial charge in [-0.05, 0) is 61.9 Å². The maximum absolute atomic E-state index is 9.17. The Morgan fingerprint density at radius 3 is 2.43 bits per heavy atom. The lowest BCUT2D eigenvalue weighted by atomic mass is 9.97. The van der Waals surface area contributed by atoms with Gasteiger partial charge in [0.05, 0.1) is 6.61 Å². The smallest absolute Gasteiger partial charge is 0.119 e. The van der Waals surface area contributed by atoms with Gasteiger partial charge in [-0.3, -0.25) is 4.90 Å². The first-order valence-electron chi connectivity index (χ1n) is 8.22. The van der Waals surface area contributed by atoms with E-state index in [2.05, 4.69) is 43.0 Å². The second-order valence-electron chi connectivity index (χ2n) is 6.58. The second kappa shape index (κ2) is 8.40. The minimum absolute atomic E-state index is 0.344. The number of piperidine rings is 1. The molecule has 118 valence electrons. The molecule has 0 saturated carbocycles. The molecule has 0 aliphatic carbocycles. The summed E-state index contributed by atoms with van der Waals surface area (Å²) < 4.78 is 5.75. The molecule has 1 aliphatic heterocycles. The Hall–Kier alpha value is -1.06. The van der Waals surface area contributed by atoms with Crippen LogP contribution in [0.2, 0.25) is 0 Å². The summed E-state index contributed by atoms with van der Waals surface area (Å²) in [5.41, 5.74) is 1.34. The highest BCUT2D eigenvalue weighted by atomic mass is 16.5. The molecule has 0 aromatic heterocycles. The summed E-state index contributed by atoms with van der Waals surface area (Å²) in [6.07, 6.45) is 3.33. The summed E-state index contributed by atoms with van der Waals surface area (Å²) in [4.78, 5) is 2.47. The van der Waals surface area contributed by atoms with E-state index in [9.17, 15) is 5.11 Å². The zero-order valence-corrected chi connectivity index (χ0v) is 13.4. The fourth-order valence-electron chi connectivity index (χ4n) is 2.69. The van der Waals surface area contributed by atoms with Crippen LogP contribution in [-0.2, 0) is 6.54 Å². The molecule has 1 aliphatic rings. The Balaban J connectivity index is 1.74. The third-order valence-electron chi connectivity index (χ3n) is 4.26. The Labute approximate surface area is 128 Å². The summed E-state index contributed by atoms with van der Waals surface area (Å²) in [5, 5.41) is 9.17. The van der Waals surface area contributed by atoms with E-state index in [1.165, 1.54) is 5.56 Å². The van der Waals surface area contributed by atoms with Crippen molar-refractivity contribution < 1.29 is 9.84 Å². The Morgan fingerprint density at radius 1 is 1.19 bits per heavy atom. The number of hydrogen-bond donors (Lipinski definition) is 1. The summed E-state index contributed by atoms with van der Waals surface area (Å²) in [6.45, 7) is 8.76. The normalized spacial score (nSPS) is 17.3. The monoisotopic (exact) mass is 291 g/mol. The van der Waals surface area contributed by atoms with Gasteiger partial charge in [-0.15, -0.1) is 0 Å². The third-order valence-corrected chi connectivity index (χ3v) is 4.26. The lowest BCUT2D eigenvalue weighted by Crippen LogP contribution is -2.34. The van der Waals surface area contributed by atoms with Gasteiger partial charge in [-0.1, -0.05) is 26.0 Å². The van der Waals surface area contributed by atoms with Crippen LogP contribution in [0, 0.1) is 11.8 Å². The van der Waals surface area contributed by atoms with Crippen LogP contribution < -0.4 is 4.74 Å². The maximum Gasteiger partial charge on any atom is 0.119 e. The summed E-state index contributed by atoms with van der Waals surface area (Å²) in [7, 11) is 0. The second-order valence-corrected chi connectivity index (χ2v) is 6.58. The molecule has 0 spiro atoms. The number of benzene rings is 1. The molecule has 3 heteroatoms. The summed E-state index contributed by atoms with van der Waals surface area (Å²) >= 11 is 0. The molecule has 0 atom stereocenters. The largest absolute Gasteiger partial charge is 0.494 e. The van der Waals surface area contributed by atoms with Crippen LogP contribution in [0.3, 0.4) is 0 Å². The van der Waals surface area contributed by atoms with Gasteiger partial charge >= 0.3 is 0 Å². The van der Waals surface area contributed by atoms with Crippen molar-refractivity contribution in [2.75, 3.05) is 26.3 Å². The molecule has 0 radical (unpaired) electrons. The number of aliphatic hydroxyl groups is 1. The average Bonchev–Trinajstić information content (AvgIpc) is 2.49. The van der Waals surface area contributed by atoms with Crippen LogP contribution in [0.1, 0.15) is 38.7 Å². The Bertz CT molecular complexity index is 394. The molecule has 1 heterocycles. The molecule has 21 heavy (non-hydrogen) atoms. The van der Waals surface area contributed by atoms with E-state index in [-0.39, 0.29) is 0 Å². The molecule has 1 N–H and O–H groups in total. The Kier molecular flexibility index (Phi) is 6.52. The number of ether oxygens (including phenoxy) is 1. The van der Waals surface area contributed by atoms with E-state index >= 15 is 0 Å². The molecular weight excluding hydrogens is 262 g/mol. The number of rotatable bonds is 7. The van der Waals surface area contributed by atoms with Crippen molar-refractivity contribution in [2.24, 2.45) is 11.8 Å². The van der Waals surface area contributed by atoms with Crippen LogP contribution in [0.4, 0.5) is 0 Å². The molecule has 1 saturated heterocycles. The minimum Gasteiger partial charge on any atom is -0.494 e. The lowest BCUT2D eigenvalue weighted by Gasteiger charge is -2.31. The first-order chi connectivity index (χ1) is 10.2. The van der Waals surface area contributed by atoms with Crippen LogP contribution in [0.25, 0.3) is 0 Å². The zero-order chi connectivity index (χ0) is 15.1. The quantitative estimate of drug-likeness (QED) is 0.836. The van der Waals surface area contributed by atoms with Gasteiger partial charge in [0.15, 0.2) is 0 Å². The molecule has 0 unspecified atom stereocenters. The molecule has 3 nitrogen and oxygen atoms in total. The predicted molar refractivity (Wildman–Crippen MR) is 86.5 cm³/mol. The highest BCUT2D eigenvalue weighted by Gasteiger charge is 2.18. The first-order valence-corrected chi connectivity index (χ1v) is 8.22. The van der Waals surface area contributed by atoms with Crippen molar-refractivity contribution in [3.8, 4) is 5.75 Å². The van der Waals surface area contributed by atoms with E-state index < -0.39 is 0 Å². The fourth-order valence-corrected chi connectivity index (χ4v) is 2.69. The van der Waals surface area contributed by atoms with Crippen molar-refractivity contribution in [2.45, 2.75) is 39.7 Å². The van der Waals surface area contributed by atoms with Crippen LogP contribution in [0.15, 0.2) is 24.3 Å². The van der Waals surface area contributed by atoms with Crippen molar-refractivity contribution in [3.63, 3.8) is 0 Å². The Morgan fingerprint density at radius 2 is 1.86 bits per heavy atom. The van der Waals surface area contributed by atoms with Crippen molar-refractivity contribution in [1.29, 1.82) is 0 Å². The van der Waals surface area contributed by atoms with E-state index in [1.807, 2.05) is 0 Å². The van der Waals surface area contributed by atoms with E-state index in [0.29, 0.717) is 18.4 Å². The van der Waals surface area contributed by atoms with Gasteiger partial charge in [0.25, 0.3) is 0 Å². The van der Waals surface area contributed by atoms with Gasteiger partial charge in [0.2, 0.25) is 0 Å². The topological polar surface area (TPSA) is 32.7 Å². The van der Waals surface area contributed by atoms with E-state index in [0.717, 1.165) is 51.3 Å². The molecule has 1 aromatic rings. The van der Waals surface area contributed by atoms with Gasteiger partial charge in [0, 0.05) is 13.2 Å². The average molecular weight is 291 g/mol. The minimum atomic E-state index is 0.344. The number of aliphatic hydroxyl groups excluding tert-OH is 1. The van der Waals surface area contributed by atoms with Gasteiger partial charge in [-0.25, -0.2) is 0 Å². The van der Waals surface area contributed by atoms with Crippen LogP contribution >= 0.6 is 0 Å². The van der Waals surface area contributed by atoms with E-state index in [4.69, 9.17) is 4.74 Å². The first kappa shape index (κ1) is 16.3. The molecule has 1 aromatic carbocycles. The lowest BCUT2D eigenvalue weighted by molar-refractivity contribution is 0.127. The highest BCUT2D eigenvalue weighted by Crippen LogP contribution is 2.20. The third kappa shape index (κ3) is 5.68. The molecule has 0 amide bonds. The van der Waals surface area contributed by atoms with Gasteiger partial charge in [0.1, 0.15) is 5.75 Å². The van der Waals surface area contributed by atoms with Crippen molar-refractivity contribution in [1.82, 2.24) is 4.90 Å². The summed E-state index contributed by atoms with van der Waals surface area (Å²) in [6, 6.07) is 8.50. The molecule has 0 bridgehead atoms.